The zero-order valence-corrected chi connectivity index (χ0v) is 10.4. The fraction of sp³-hybridized carbons (Fsp3) is 0.429. The Balaban J connectivity index is 2.30. The minimum Gasteiger partial charge on any atom is -0.508 e. The van der Waals surface area contributed by atoms with Gasteiger partial charge < -0.3 is 9.84 Å². The summed E-state index contributed by atoms with van der Waals surface area (Å²) in [5, 5.41) is 9.25. The van der Waals surface area contributed by atoms with E-state index in [0.29, 0.717) is 17.9 Å². The molecule has 1 N–H and O–H groups in total. The van der Waals surface area contributed by atoms with E-state index in [0.717, 1.165) is 0 Å². The number of ether oxygens (including phenoxy) is 1. The molecule has 18 heavy (non-hydrogen) atoms. The van der Waals surface area contributed by atoms with Crippen molar-refractivity contribution in [3.8, 4) is 5.75 Å². The van der Waals surface area contributed by atoms with E-state index in [2.05, 4.69) is 0 Å². The molecule has 2 rings (SSSR count). The Bertz CT molecular complexity index is 461. The number of carbonyl (C=O) groups excluding carboxylic acids is 2. The number of phenols is 1. The van der Waals surface area contributed by atoms with Crippen LogP contribution in [0, 0.1) is 11.8 Å². The van der Waals surface area contributed by atoms with Crippen LogP contribution in [0.1, 0.15) is 31.7 Å². The van der Waals surface area contributed by atoms with Crippen molar-refractivity contribution in [2.75, 3.05) is 0 Å². The van der Waals surface area contributed by atoms with Gasteiger partial charge in [0, 0.05) is 0 Å². The number of hydrogen-bond acceptors (Lipinski definition) is 4. The van der Waals surface area contributed by atoms with Crippen molar-refractivity contribution >= 4 is 11.9 Å². The molecule has 0 radical (unpaired) electrons. The second-order valence-electron chi connectivity index (χ2n) is 5.05. The molecular weight excluding hydrogens is 232 g/mol. The maximum absolute atomic E-state index is 11.8. The lowest BCUT2D eigenvalue weighted by Gasteiger charge is -2.15. The molecule has 2 atom stereocenters. The smallest absolute Gasteiger partial charge is 0.321 e. The van der Waals surface area contributed by atoms with Crippen LogP contribution >= 0.6 is 0 Å². The highest BCUT2D eigenvalue weighted by Gasteiger charge is 2.45. The molecular formula is C14H16O4. The molecule has 1 fully saturated rings. The van der Waals surface area contributed by atoms with Crippen LogP contribution in [-0.4, -0.2) is 17.0 Å². The van der Waals surface area contributed by atoms with Gasteiger partial charge in [-0.3, -0.25) is 9.59 Å². The maximum atomic E-state index is 11.8. The van der Waals surface area contributed by atoms with Crippen LogP contribution in [0.2, 0.25) is 0 Å². The van der Waals surface area contributed by atoms with Gasteiger partial charge in [-0.2, -0.15) is 0 Å². The molecule has 0 saturated carbocycles. The van der Waals surface area contributed by atoms with Gasteiger partial charge in [-0.05, 0) is 30.0 Å². The van der Waals surface area contributed by atoms with E-state index in [1.807, 2.05) is 13.8 Å². The Kier molecular flexibility index (Phi) is 3.36. The number of carbonyl (C=O) groups is 2. The molecule has 4 heteroatoms. The average molecular weight is 248 g/mol. The third-order valence-corrected chi connectivity index (χ3v) is 3.14. The molecule has 0 spiro atoms. The van der Waals surface area contributed by atoms with Gasteiger partial charge in [-0.25, -0.2) is 0 Å². The summed E-state index contributed by atoms with van der Waals surface area (Å²) in [5.41, 5.74) is 0.717. The van der Waals surface area contributed by atoms with Crippen LogP contribution < -0.4 is 0 Å². The highest BCUT2D eigenvalue weighted by molar-refractivity contribution is 5.99. The molecule has 1 aliphatic heterocycles. The molecule has 0 aromatic heterocycles. The van der Waals surface area contributed by atoms with Crippen molar-refractivity contribution in [1.82, 2.24) is 0 Å². The molecule has 4 nitrogen and oxygen atoms in total. The summed E-state index contributed by atoms with van der Waals surface area (Å²) in [6, 6.07) is 6.34. The van der Waals surface area contributed by atoms with Gasteiger partial charge in [-0.1, -0.05) is 26.0 Å². The Morgan fingerprint density at radius 2 is 1.78 bits per heavy atom. The molecule has 1 aliphatic rings. The zero-order valence-electron chi connectivity index (χ0n) is 10.4. The monoisotopic (exact) mass is 248 g/mol. The summed E-state index contributed by atoms with van der Waals surface area (Å²) in [6.07, 6.45) is 0.621. The van der Waals surface area contributed by atoms with E-state index in [4.69, 9.17) is 4.74 Å². The molecule has 0 unspecified atom stereocenters. The van der Waals surface area contributed by atoms with Gasteiger partial charge >= 0.3 is 11.9 Å². The SMILES string of the molecule is CC(C)C[C@H]1C(=O)OC(=O)[C@H]1c1ccc(O)cc1. The largest absolute Gasteiger partial charge is 0.508 e. The van der Waals surface area contributed by atoms with Crippen molar-refractivity contribution in [2.45, 2.75) is 26.2 Å². The molecule has 1 saturated heterocycles. The van der Waals surface area contributed by atoms with Crippen molar-refractivity contribution in [1.29, 1.82) is 0 Å². The number of benzene rings is 1. The first kappa shape index (κ1) is 12.6. The Morgan fingerprint density at radius 1 is 1.17 bits per heavy atom. The Morgan fingerprint density at radius 3 is 2.33 bits per heavy atom. The van der Waals surface area contributed by atoms with Crippen molar-refractivity contribution < 1.29 is 19.4 Å². The molecule has 0 aliphatic carbocycles. The summed E-state index contributed by atoms with van der Waals surface area (Å²) >= 11 is 0. The second-order valence-corrected chi connectivity index (χ2v) is 5.05. The van der Waals surface area contributed by atoms with Crippen molar-refractivity contribution in [3.63, 3.8) is 0 Å². The fourth-order valence-corrected chi connectivity index (χ4v) is 2.33. The highest BCUT2D eigenvalue weighted by atomic mass is 16.6. The lowest BCUT2D eigenvalue weighted by molar-refractivity contribution is -0.153. The van der Waals surface area contributed by atoms with Crippen LogP contribution in [-0.2, 0) is 14.3 Å². The summed E-state index contributed by atoms with van der Waals surface area (Å²) in [6.45, 7) is 4.01. The van der Waals surface area contributed by atoms with E-state index in [1.165, 1.54) is 12.1 Å². The molecule has 1 heterocycles. The van der Waals surface area contributed by atoms with Gasteiger partial charge in [-0.15, -0.1) is 0 Å². The Hall–Kier alpha value is -1.84. The standard InChI is InChI=1S/C14H16O4/c1-8(2)7-11-12(14(17)18-13(11)16)9-3-5-10(15)6-4-9/h3-6,8,11-12,15H,7H2,1-2H3/t11-,12+/m1/s1. The first-order valence-electron chi connectivity index (χ1n) is 6.03. The van der Waals surface area contributed by atoms with Crippen LogP contribution in [0.15, 0.2) is 24.3 Å². The van der Waals surface area contributed by atoms with Gasteiger partial charge in [0.25, 0.3) is 0 Å². The maximum Gasteiger partial charge on any atom is 0.321 e. The summed E-state index contributed by atoms with van der Waals surface area (Å²) in [4.78, 5) is 23.4. The van der Waals surface area contributed by atoms with Gasteiger partial charge in [0.15, 0.2) is 0 Å². The predicted molar refractivity (Wildman–Crippen MR) is 64.9 cm³/mol. The topological polar surface area (TPSA) is 63.6 Å². The molecule has 0 amide bonds. The molecule has 1 aromatic rings. The van der Waals surface area contributed by atoms with Crippen molar-refractivity contribution in [2.24, 2.45) is 11.8 Å². The van der Waals surface area contributed by atoms with E-state index >= 15 is 0 Å². The second kappa shape index (κ2) is 4.80. The number of aromatic hydroxyl groups is 1. The molecule has 0 bridgehead atoms. The van der Waals surface area contributed by atoms with E-state index < -0.39 is 23.8 Å². The summed E-state index contributed by atoms with van der Waals surface area (Å²) in [5.74, 6) is -1.43. The highest BCUT2D eigenvalue weighted by Crippen LogP contribution is 2.37. The predicted octanol–water partition coefficient (Wildman–Crippen LogP) is 2.22. The van der Waals surface area contributed by atoms with Crippen LogP contribution in [0.3, 0.4) is 0 Å². The van der Waals surface area contributed by atoms with E-state index in [1.54, 1.807) is 12.1 Å². The van der Waals surface area contributed by atoms with Crippen LogP contribution in [0.4, 0.5) is 0 Å². The minimum atomic E-state index is -0.541. The number of rotatable bonds is 3. The van der Waals surface area contributed by atoms with E-state index in [-0.39, 0.29) is 5.75 Å². The number of phenolic OH excluding ortho intramolecular Hbond substituents is 1. The van der Waals surface area contributed by atoms with Gasteiger partial charge in [0.1, 0.15) is 5.75 Å². The molecule has 96 valence electrons. The van der Waals surface area contributed by atoms with E-state index in [9.17, 15) is 14.7 Å². The molecule has 1 aromatic carbocycles. The third-order valence-electron chi connectivity index (χ3n) is 3.14. The zero-order chi connectivity index (χ0) is 13.3. The van der Waals surface area contributed by atoms with Crippen LogP contribution in [0.25, 0.3) is 0 Å². The average Bonchev–Trinajstić information content (AvgIpc) is 2.55. The number of cyclic esters (lactones) is 2. The van der Waals surface area contributed by atoms with Gasteiger partial charge in [0.2, 0.25) is 0 Å². The lowest BCUT2D eigenvalue weighted by Crippen LogP contribution is -2.18. The Labute approximate surface area is 106 Å². The minimum absolute atomic E-state index is 0.136. The third kappa shape index (κ3) is 2.37. The summed E-state index contributed by atoms with van der Waals surface area (Å²) in [7, 11) is 0. The first-order chi connectivity index (χ1) is 8.49. The van der Waals surface area contributed by atoms with Crippen LogP contribution in [0.5, 0.6) is 5.75 Å². The van der Waals surface area contributed by atoms with Gasteiger partial charge in [0.05, 0.1) is 11.8 Å². The number of esters is 2. The fourth-order valence-electron chi connectivity index (χ4n) is 2.33. The number of hydrogen-bond donors (Lipinski definition) is 1. The summed E-state index contributed by atoms with van der Waals surface area (Å²) < 4.78 is 4.73. The lowest BCUT2D eigenvalue weighted by atomic mass is 9.83. The first-order valence-corrected chi connectivity index (χ1v) is 6.03. The quantitative estimate of drug-likeness (QED) is 0.658. The normalized spacial score (nSPS) is 23.5. The van der Waals surface area contributed by atoms with Crippen molar-refractivity contribution in [3.05, 3.63) is 29.8 Å².